The minimum atomic E-state index is -0.525. The zero-order chi connectivity index (χ0) is 13.3. The summed E-state index contributed by atoms with van der Waals surface area (Å²) in [4.78, 5) is 1.78. The third-order valence-electron chi connectivity index (χ3n) is 3.26. The highest BCUT2D eigenvalue weighted by Crippen LogP contribution is 2.27. The molecule has 3 nitrogen and oxygen atoms in total. The first-order valence-corrected chi connectivity index (χ1v) is 6.05. The molecular weight excluding hydrogens is 236 g/mol. The summed E-state index contributed by atoms with van der Waals surface area (Å²) in [6, 6.07) is 1.86. The zero-order valence-corrected chi connectivity index (χ0v) is 10.3. The lowest BCUT2D eigenvalue weighted by Gasteiger charge is -2.30. The molecule has 1 aromatic carbocycles. The number of halogens is 2. The van der Waals surface area contributed by atoms with E-state index in [1.807, 2.05) is 0 Å². The summed E-state index contributed by atoms with van der Waals surface area (Å²) >= 11 is 0. The molecule has 1 aliphatic rings. The van der Waals surface area contributed by atoms with Gasteiger partial charge in [0.05, 0.1) is 5.69 Å². The molecule has 18 heavy (non-hydrogen) atoms. The fourth-order valence-electron chi connectivity index (χ4n) is 2.16. The molecule has 0 radical (unpaired) electrons. The third-order valence-corrected chi connectivity index (χ3v) is 3.26. The number of nitrogens with one attached hydrogen (secondary N) is 1. The third kappa shape index (κ3) is 2.51. The molecular formula is C13H17F2N3. The molecule has 0 aromatic heterocycles. The van der Waals surface area contributed by atoms with Crippen LogP contribution < -0.4 is 10.6 Å². The van der Waals surface area contributed by atoms with Gasteiger partial charge in [0.15, 0.2) is 0 Å². The van der Waals surface area contributed by atoms with Crippen LogP contribution in [0, 0.1) is 17.0 Å². The van der Waals surface area contributed by atoms with Gasteiger partial charge in [0.2, 0.25) is 0 Å². The van der Waals surface area contributed by atoms with Crippen LogP contribution in [0.5, 0.6) is 0 Å². The van der Waals surface area contributed by atoms with E-state index in [1.165, 1.54) is 12.1 Å². The predicted octanol–water partition coefficient (Wildman–Crippen LogP) is 2.60. The Morgan fingerprint density at radius 1 is 1.22 bits per heavy atom. The topological polar surface area (TPSA) is 53.1 Å². The normalized spacial score (nSPS) is 18.0. The lowest BCUT2D eigenvalue weighted by Crippen LogP contribution is -2.34. The number of hydrogen-bond donors (Lipinski definition) is 2. The van der Waals surface area contributed by atoms with E-state index in [-0.39, 0.29) is 11.3 Å². The van der Waals surface area contributed by atoms with E-state index in [2.05, 4.69) is 0 Å². The summed E-state index contributed by atoms with van der Waals surface area (Å²) in [6.45, 7) is 2.75. The molecule has 0 unspecified atom stereocenters. The standard InChI is InChI=1S/C13H17F2N3/c1-8(16)10-6-12(15)13(7-11(10)14)18-4-2-9(17)3-5-18/h6-8,17H,2-5,16H2,1H3/t8-/m1/s1. The first kappa shape index (κ1) is 13.0. The zero-order valence-electron chi connectivity index (χ0n) is 10.3. The quantitative estimate of drug-likeness (QED) is 0.851. The molecule has 0 saturated carbocycles. The Morgan fingerprint density at radius 3 is 2.39 bits per heavy atom. The minimum Gasteiger partial charge on any atom is -0.368 e. The monoisotopic (exact) mass is 253 g/mol. The average Bonchev–Trinajstić information content (AvgIpc) is 2.32. The molecule has 0 aliphatic carbocycles. The van der Waals surface area contributed by atoms with Crippen molar-refractivity contribution in [2.24, 2.45) is 5.73 Å². The lowest BCUT2D eigenvalue weighted by molar-refractivity contribution is 0.566. The second-order valence-corrected chi connectivity index (χ2v) is 4.70. The van der Waals surface area contributed by atoms with Gasteiger partial charge in [0.1, 0.15) is 11.6 Å². The van der Waals surface area contributed by atoms with Crippen molar-refractivity contribution in [2.75, 3.05) is 18.0 Å². The van der Waals surface area contributed by atoms with Crippen LogP contribution in [0.2, 0.25) is 0 Å². The Balaban J connectivity index is 2.29. The maximum absolute atomic E-state index is 14.0. The van der Waals surface area contributed by atoms with Gasteiger partial charge in [-0.3, -0.25) is 0 Å². The van der Waals surface area contributed by atoms with E-state index in [0.717, 1.165) is 0 Å². The van der Waals surface area contributed by atoms with Gasteiger partial charge >= 0.3 is 0 Å². The van der Waals surface area contributed by atoms with E-state index in [9.17, 15) is 8.78 Å². The SMILES string of the molecule is C[C@@H](N)c1cc(F)c(N2CCC(=N)CC2)cc1F. The summed E-state index contributed by atoms with van der Waals surface area (Å²) < 4.78 is 27.8. The summed E-state index contributed by atoms with van der Waals surface area (Å²) in [6.07, 6.45) is 1.21. The maximum atomic E-state index is 14.0. The molecule has 0 spiro atoms. The number of anilines is 1. The van der Waals surface area contributed by atoms with Crippen LogP contribution in [0.4, 0.5) is 14.5 Å². The average molecular weight is 253 g/mol. The van der Waals surface area contributed by atoms with Crippen LogP contribution in [0.3, 0.4) is 0 Å². The molecule has 0 bridgehead atoms. The fraction of sp³-hybridized carbons (Fsp3) is 0.462. The Hall–Kier alpha value is -1.49. The molecule has 1 aliphatic heterocycles. The van der Waals surface area contributed by atoms with Gasteiger partial charge in [-0.2, -0.15) is 0 Å². The van der Waals surface area contributed by atoms with Crippen molar-refractivity contribution in [3.05, 3.63) is 29.3 Å². The van der Waals surface area contributed by atoms with Crippen molar-refractivity contribution in [2.45, 2.75) is 25.8 Å². The first-order valence-electron chi connectivity index (χ1n) is 6.05. The number of nitrogens with zero attached hydrogens (tertiary/aromatic N) is 1. The van der Waals surface area contributed by atoms with E-state index < -0.39 is 17.7 Å². The van der Waals surface area contributed by atoms with E-state index in [0.29, 0.717) is 31.6 Å². The molecule has 2 rings (SSSR count). The molecule has 98 valence electrons. The second kappa shape index (κ2) is 5.02. The highest BCUT2D eigenvalue weighted by molar-refractivity contribution is 5.83. The number of benzene rings is 1. The largest absolute Gasteiger partial charge is 0.368 e. The lowest BCUT2D eigenvalue weighted by atomic mass is 10.0. The van der Waals surface area contributed by atoms with Crippen molar-refractivity contribution < 1.29 is 8.78 Å². The van der Waals surface area contributed by atoms with Crippen LogP contribution in [0.25, 0.3) is 0 Å². The van der Waals surface area contributed by atoms with Gasteiger partial charge in [-0.15, -0.1) is 0 Å². The molecule has 0 amide bonds. The van der Waals surface area contributed by atoms with E-state index in [1.54, 1.807) is 11.8 Å². The first-order chi connectivity index (χ1) is 8.49. The summed E-state index contributed by atoms with van der Waals surface area (Å²) in [5.74, 6) is -0.917. The van der Waals surface area contributed by atoms with Gasteiger partial charge in [0.25, 0.3) is 0 Å². The van der Waals surface area contributed by atoms with Gasteiger partial charge < -0.3 is 16.0 Å². The molecule has 1 aromatic rings. The molecule has 1 fully saturated rings. The van der Waals surface area contributed by atoms with Crippen molar-refractivity contribution in [3.63, 3.8) is 0 Å². The smallest absolute Gasteiger partial charge is 0.147 e. The molecule has 1 heterocycles. The highest BCUT2D eigenvalue weighted by Gasteiger charge is 2.20. The molecule has 1 atom stereocenters. The fourth-order valence-corrected chi connectivity index (χ4v) is 2.16. The van der Waals surface area contributed by atoms with Crippen LogP contribution in [0.1, 0.15) is 31.4 Å². The van der Waals surface area contributed by atoms with Crippen LogP contribution in [-0.4, -0.2) is 18.8 Å². The van der Waals surface area contributed by atoms with Gasteiger partial charge in [-0.05, 0) is 13.0 Å². The van der Waals surface area contributed by atoms with Crippen LogP contribution >= 0.6 is 0 Å². The summed E-state index contributed by atoms with van der Waals surface area (Å²) in [5, 5.41) is 7.52. The summed E-state index contributed by atoms with van der Waals surface area (Å²) in [5.41, 5.74) is 6.71. The van der Waals surface area contributed by atoms with Crippen LogP contribution in [-0.2, 0) is 0 Å². The second-order valence-electron chi connectivity index (χ2n) is 4.70. The Kier molecular flexibility index (Phi) is 3.61. The highest BCUT2D eigenvalue weighted by atomic mass is 19.1. The van der Waals surface area contributed by atoms with E-state index in [4.69, 9.17) is 11.1 Å². The van der Waals surface area contributed by atoms with Crippen molar-refractivity contribution in [3.8, 4) is 0 Å². The molecule has 3 N–H and O–H groups in total. The van der Waals surface area contributed by atoms with Crippen molar-refractivity contribution in [1.82, 2.24) is 0 Å². The molecule has 5 heteroatoms. The number of hydrogen-bond acceptors (Lipinski definition) is 3. The predicted molar refractivity (Wildman–Crippen MR) is 68.1 cm³/mol. The minimum absolute atomic E-state index is 0.195. The Bertz CT molecular complexity index is 462. The number of piperidine rings is 1. The Labute approximate surface area is 105 Å². The van der Waals surface area contributed by atoms with Crippen molar-refractivity contribution in [1.29, 1.82) is 5.41 Å². The number of nitrogens with two attached hydrogens (primary N) is 1. The summed E-state index contributed by atoms with van der Waals surface area (Å²) in [7, 11) is 0. The Morgan fingerprint density at radius 2 is 1.83 bits per heavy atom. The maximum Gasteiger partial charge on any atom is 0.147 e. The van der Waals surface area contributed by atoms with Gasteiger partial charge in [0, 0.05) is 49.3 Å². The van der Waals surface area contributed by atoms with E-state index >= 15 is 0 Å². The molecule has 1 saturated heterocycles. The number of rotatable bonds is 2. The van der Waals surface area contributed by atoms with Gasteiger partial charge in [-0.25, -0.2) is 8.78 Å². The van der Waals surface area contributed by atoms with Gasteiger partial charge in [-0.1, -0.05) is 0 Å². The van der Waals surface area contributed by atoms with Crippen molar-refractivity contribution >= 4 is 11.4 Å². The van der Waals surface area contributed by atoms with Crippen LogP contribution in [0.15, 0.2) is 12.1 Å².